The van der Waals surface area contributed by atoms with Crippen molar-refractivity contribution in [1.82, 2.24) is 10.4 Å². The Morgan fingerprint density at radius 2 is 1.90 bits per heavy atom. The van der Waals surface area contributed by atoms with Crippen LogP contribution in [0.5, 0.6) is 0 Å². The van der Waals surface area contributed by atoms with Crippen molar-refractivity contribution in [2.45, 2.75) is 58.5 Å². The lowest BCUT2D eigenvalue weighted by molar-refractivity contribution is 0.0370. The van der Waals surface area contributed by atoms with Gasteiger partial charge in [0.1, 0.15) is 0 Å². The van der Waals surface area contributed by atoms with E-state index in [1.165, 1.54) is 6.42 Å². The van der Waals surface area contributed by atoms with Gasteiger partial charge in [0.05, 0.1) is 5.56 Å². The molecule has 1 saturated heterocycles. The zero-order chi connectivity index (χ0) is 15.2. The molecule has 2 unspecified atom stereocenters. The summed E-state index contributed by atoms with van der Waals surface area (Å²) in [6.45, 7) is 7.35. The molecule has 2 rings (SSSR count). The van der Waals surface area contributed by atoms with Crippen molar-refractivity contribution in [3.8, 4) is 0 Å². The van der Waals surface area contributed by atoms with Gasteiger partial charge >= 0.3 is 0 Å². The average molecular weight is 289 g/mol. The average Bonchev–Trinajstić information content (AvgIpc) is 2.49. The third-order valence-electron chi connectivity index (χ3n) is 4.16. The first-order valence-corrected chi connectivity index (χ1v) is 8.05. The van der Waals surface area contributed by atoms with Crippen molar-refractivity contribution in [3.05, 3.63) is 29.8 Å². The number of carbonyl (C=O) groups excluding carboxylic acids is 1. The van der Waals surface area contributed by atoms with Gasteiger partial charge in [0.25, 0.3) is 5.91 Å². The van der Waals surface area contributed by atoms with E-state index in [2.05, 4.69) is 36.5 Å². The SMILES string of the molecule is CCCNc1ccccc1C(=O)NN1C(C)CCCC1C. The molecule has 1 aliphatic heterocycles. The van der Waals surface area contributed by atoms with Crippen LogP contribution in [0.2, 0.25) is 0 Å². The van der Waals surface area contributed by atoms with Gasteiger partial charge in [-0.25, -0.2) is 5.01 Å². The number of nitrogens with zero attached hydrogens (tertiary/aromatic N) is 1. The van der Waals surface area contributed by atoms with E-state index >= 15 is 0 Å². The fourth-order valence-corrected chi connectivity index (χ4v) is 2.91. The first kappa shape index (κ1) is 15.8. The minimum Gasteiger partial charge on any atom is -0.384 e. The lowest BCUT2D eigenvalue weighted by Gasteiger charge is -2.38. The topological polar surface area (TPSA) is 44.4 Å². The highest BCUT2D eigenvalue weighted by Gasteiger charge is 2.26. The molecule has 2 N–H and O–H groups in total. The molecule has 2 atom stereocenters. The second kappa shape index (κ2) is 7.46. The predicted octanol–water partition coefficient (Wildman–Crippen LogP) is 3.42. The molecule has 0 bridgehead atoms. The molecular weight excluding hydrogens is 262 g/mol. The Balaban J connectivity index is 2.09. The molecule has 1 aromatic carbocycles. The van der Waals surface area contributed by atoms with Gasteiger partial charge in [-0.1, -0.05) is 25.5 Å². The van der Waals surface area contributed by atoms with E-state index in [9.17, 15) is 4.79 Å². The summed E-state index contributed by atoms with van der Waals surface area (Å²) in [4.78, 5) is 12.6. The summed E-state index contributed by atoms with van der Waals surface area (Å²) in [5, 5.41) is 5.44. The molecule has 1 amide bonds. The second-order valence-corrected chi connectivity index (χ2v) is 5.95. The zero-order valence-corrected chi connectivity index (χ0v) is 13.4. The van der Waals surface area contributed by atoms with Gasteiger partial charge in [-0.2, -0.15) is 0 Å². The quantitative estimate of drug-likeness (QED) is 0.873. The van der Waals surface area contributed by atoms with Crippen molar-refractivity contribution in [2.24, 2.45) is 0 Å². The largest absolute Gasteiger partial charge is 0.384 e. The van der Waals surface area contributed by atoms with Gasteiger partial charge in [0.15, 0.2) is 0 Å². The van der Waals surface area contributed by atoms with E-state index in [1.807, 2.05) is 24.3 Å². The number of piperidine rings is 1. The standard InChI is InChI=1S/C17H27N3O/c1-4-12-18-16-11-6-5-10-15(16)17(21)19-20-13(2)8-7-9-14(20)3/h5-6,10-11,13-14,18H,4,7-9,12H2,1-3H3,(H,19,21). The fraction of sp³-hybridized carbons (Fsp3) is 0.588. The fourth-order valence-electron chi connectivity index (χ4n) is 2.91. The molecule has 0 aliphatic carbocycles. The Labute approximate surface area is 127 Å². The van der Waals surface area contributed by atoms with E-state index in [4.69, 9.17) is 0 Å². The molecule has 1 aromatic rings. The van der Waals surface area contributed by atoms with Crippen molar-refractivity contribution in [3.63, 3.8) is 0 Å². The summed E-state index contributed by atoms with van der Waals surface area (Å²) in [6.07, 6.45) is 4.56. The first-order valence-electron chi connectivity index (χ1n) is 8.05. The van der Waals surface area contributed by atoms with Gasteiger partial charge in [0, 0.05) is 24.3 Å². The molecule has 0 radical (unpaired) electrons. The molecule has 1 heterocycles. The Morgan fingerprint density at radius 1 is 1.24 bits per heavy atom. The smallest absolute Gasteiger partial charge is 0.267 e. The highest BCUT2D eigenvalue weighted by molar-refractivity contribution is 5.99. The Bertz CT molecular complexity index is 465. The first-order chi connectivity index (χ1) is 10.1. The van der Waals surface area contributed by atoms with Crippen LogP contribution in [0.25, 0.3) is 0 Å². The molecule has 4 heteroatoms. The molecule has 4 nitrogen and oxygen atoms in total. The van der Waals surface area contributed by atoms with Crippen molar-refractivity contribution >= 4 is 11.6 Å². The number of carbonyl (C=O) groups is 1. The number of nitrogens with one attached hydrogen (secondary N) is 2. The molecule has 1 aliphatic rings. The third kappa shape index (κ3) is 3.97. The van der Waals surface area contributed by atoms with Crippen LogP contribution in [-0.4, -0.2) is 29.5 Å². The Hall–Kier alpha value is -1.55. The molecule has 1 fully saturated rings. The number of hydrazine groups is 1. The third-order valence-corrected chi connectivity index (χ3v) is 4.16. The number of amides is 1. The zero-order valence-electron chi connectivity index (χ0n) is 13.4. The molecule has 116 valence electrons. The number of benzene rings is 1. The van der Waals surface area contributed by atoms with Gasteiger partial charge in [-0.05, 0) is 45.2 Å². The van der Waals surface area contributed by atoms with Crippen molar-refractivity contribution < 1.29 is 4.79 Å². The number of hydrogen-bond donors (Lipinski definition) is 2. The van der Waals surface area contributed by atoms with Crippen LogP contribution in [0.4, 0.5) is 5.69 Å². The van der Waals surface area contributed by atoms with E-state index in [0.29, 0.717) is 12.1 Å². The van der Waals surface area contributed by atoms with Crippen LogP contribution < -0.4 is 10.7 Å². The second-order valence-electron chi connectivity index (χ2n) is 5.95. The van der Waals surface area contributed by atoms with E-state index in [-0.39, 0.29) is 5.91 Å². The van der Waals surface area contributed by atoms with Crippen LogP contribution in [0, 0.1) is 0 Å². The minimum atomic E-state index is -0.0187. The molecule has 21 heavy (non-hydrogen) atoms. The number of hydrogen-bond acceptors (Lipinski definition) is 3. The monoisotopic (exact) mass is 289 g/mol. The maximum absolute atomic E-state index is 12.6. The van der Waals surface area contributed by atoms with Gasteiger partial charge in [-0.3, -0.25) is 10.2 Å². The van der Waals surface area contributed by atoms with Crippen LogP contribution >= 0.6 is 0 Å². The number of para-hydroxylation sites is 1. The van der Waals surface area contributed by atoms with Crippen LogP contribution in [0.3, 0.4) is 0 Å². The summed E-state index contributed by atoms with van der Waals surface area (Å²) in [7, 11) is 0. The minimum absolute atomic E-state index is 0.0187. The number of rotatable bonds is 5. The summed E-state index contributed by atoms with van der Waals surface area (Å²) in [6, 6.07) is 8.51. The van der Waals surface area contributed by atoms with Gasteiger partial charge < -0.3 is 5.32 Å². The van der Waals surface area contributed by atoms with Gasteiger partial charge in [-0.15, -0.1) is 0 Å². The maximum Gasteiger partial charge on any atom is 0.267 e. The van der Waals surface area contributed by atoms with Crippen molar-refractivity contribution in [1.29, 1.82) is 0 Å². The van der Waals surface area contributed by atoms with E-state index < -0.39 is 0 Å². The summed E-state index contributed by atoms with van der Waals surface area (Å²) in [5.74, 6) is -0.0187. The van der Waals surface area contributed by atoms with Crippen molar-refractivity contribution in [2.75, 3.05) is 11.9 Å². The van der Waals surface area contributed by atoms with Crippen LogP contribution in [-0.2, 0) is 0 Å². The molecule has 0 spiro atoms. The molecular formula is C17H27N3O. The summed E-state index contributed by atoms with van der Waals surface area (Å²) < 4.78 is 0. The van der Waals surface area contributed by atoms with E-state index in [1.54, 1.807) is 0 Å². The lowest BCUT2D eigenvalue weighted by Crippen LogP contribution is -2.54. The number of anilines is 1. The van der Waals surface area contributed by atoms with E-state index in [0.717, 1.165) is 37.1 Å². The highest BCUT2D eigenvalue weighted by atomic mass is 16.2. The highest BCUT2D eigenvalue weighted by Crippen LogP contribution is 2.21. The predicted molar refractivity (Wildman–Crippen MR) is 87.3 cm³/mol. The summed E-state index contributed by atoms with van der Waals surface area (Å²) >= 11 is 0. The Kier molecular flexibility index (Phi) is 5.62. The summed E-state index contributed by atoms with van der Waals surface area (Å²) in [5.41, 5.74) is 4.74. The maximum atomic E-state index is 12.6. The van der Waals surface area contributed by atoms with Crippen LogP contribution in [0.15, 0.2) is 24.3 Å². The Morgan fingerprint density at radius 3 is 2.57 bits per heavy atom. The molecule has 0 saturated carbocycles. The van der Waals surface area contributed by atoms with Crippen LogP contribution in [0.1, 0.15) is 56.8 Å². The lowest BCUT2D eigenvalue weighted by atomic mass is 10.00. The molecule has 0 aromatic heterocycles. The normalized spacial score (nSPS) is 22.8. The van der Waals surface area contributed by atoms with Gasteiger partial charge in [0.2, 0.25) is 0 Å².